The number of anilines is 1. The molecule has 1 rings (SSSR count). The van der Waals surface area contributed by atoms with Crippen LogP contribution in [0.25, 0.3) is 0 Å². The average Bonchev–Trinajstić information content (AvgIpc) is 2.34. The van der Waals surface area contributed by atoms with E-state index >= 15 is 0 Å². The first-order valence-electron chi connectivity index (χ1n) is 6.00. The highest BCUT2D eigenvalue weighted by Gasteiger charge is 2.19. The van der Waals surface area contributed by atoms with E-state index in [0.29, 0.717) is 11.0 Å². The molecule has 0 bridgehead atoms. The number of nitrogens with two attached hydrogens (primary N) is 1. The molecular formula is C13H21N3S2. The lowest BCUT2D eigenvalue weighted by Gasteiger charge is -2.29. The van der Waals surface area contributed by atoms with Gasteiger partial charge in [-0.05, 0) is 31.2 Å². The second kappa shape index (κ2) is 6.95. The highest BCUT2D eigenvalue weighted by atomic mass is 32.2. The summed E-state index contributed by atoms with van der Waals surface area (Å²) < 4.78 is 0. The van der Waals surface area contributed by atoms with E-state index in [1.54, 1.807) is 0 Å². The summed E-state index contributed by atoms with van der Waals surface area (Å²) in [6, 6.07) is 2.39. The van der Waals surface area contributed by atoms with Gasteiger partial charge in [0.15, 0.2) is 0 Å². The summed E-state index contributed by atoms with van der Waals surface area (Å²) in [4.78, 5) is 7.07. The molecule has 0 saturated heterocycles. The van der Waals surface area contributed by atoms with E-state index in [-0.39, 0.29) is 0 Å². The van der Waals surface area contributed by atoms with Crippen LogP contribution in [0.1, 0.15) is 24.5 Å². The minimum absolute atomic E-state index is 0.418. The van der Waals surface area contributed by atoms with Crippen LogP contribution in [0.3, 0.4) is 0 Å². The van der Waals surface area contributed by atoms with Gasteiger partial charge in [-0.2, -0.15) is 11.8 Å². The number of rotatable bonds is 6. The van der Waals surface area contributed by atoms with Gasteiger partial charge in [-0.1, -0.05) is 19.1 Å². The molecule has 18 heavy (non-hydrogen) atoms. The molecule has 0 spiro atoms. The number of thiocarbonyl (C=S) groups is 1. The van der Waals surface area contributed by atoms with Crippen LogP contribution in [0.5, 0.6) is 0 Å². The maximum atomic E-state index is 5.83. The van der Waals surface area contributed by atoms with Gasteiger partial charge in [0, 0.05) is 25.0 Å². The normalized spacial score (nSPS) is 12.2. The molecule has 0 aliphatic rings. The molecule has 0 aliphatic carbocycles. The molecule has 0 amide bonds. The van der Waals surface area contributed by atoms with Crippen molar-refractivity contribution >= 4 is 34.8 Å². The fourth-order valence-corrected chi connectivity index (χ4v) is 3.08. The lowest BCUT2D eigenvalue weighted by atomic mass is 10.1. The SMILES string of the molecule is CCC(CSC)N(C)c1nccc(C)c1C(N)=S. The highest BCUT2D eigenvalue weighted by Crippen LogP contribution is 2.23. The zero-order valence-electron chi connectivity index (χ0n) is 11.4. The first kappa shape index (κ1) is 15.2. The smallest absolute Gasteiger partial charge is 0.139 e. The average molecular weight is 283 g/mol. The Labute approximate surface area is 119 Å². The largest absolute Gasteiger partial charge is 0.389 e. The van der Waals surface area contributed by atoms with Gasteiger partial charge < -0.3 is 10.6 Å². The van der Waals surface area contributed by atoms with Gasteiger partial charge in [0.1, 0.15) is 10.8 Å². The number of pyridine rings is 1. The Hall–Kier alpha value is -0.810. The van der Waals surface area contributed by atoms with Crippen molar-refractivity contribution in [2.75, 3.05) is 24.0 Å². The summed E-state index contributed by atoms with van der Waals surface area (Å²) >= 11 is 6.99. The van der Waals surface area contributed by atoms with E-state index in [2.05, 4.69) is 30.1 Å². The third kappa shape index (κ3) is 3.36. The number of hydrogen-bond donors (Lipinski definition) is 1. The first-order valence-corrected chi connectivity index (χ1v) is 7.80. The molecule has 1 aromatic rings. The maximum Gasteiger partial charge on any atom is 0.139 e. The van der Waals surface area contributed by atoms with Gasteiger partial charge in [-0.15, -0.1) is 0 Å². The molecule has 1 unspecified atom stereocenters. The summed E-state index contributed by atoms with van der Waals surface area (Å²) in [6.07, 6.45) is 5.01. The second-order valence-corrected chi connectivity index (χ2v) is 5.67. The van der Waals surface area contributed by atoms with Crippen molar-refractivity contribution < 1.29 is 0 Å². The number of nitrogens with zero attached hydrogens (tertiary/aromatic N) is 2. The van der Waals surface area contributed by atoms with Crippen molar-refractivity contribution in [3.63, 3.8) is 0 Å². The molecule has 0 saturated carbocycles. The van der Waals surface area contributed by atoms with Gasteiger partial charge >= 0.3 is 0 Å². The van der Waals surface area contributed by atoms with E-state index in [0.717, 1.165) is 29.1 Å². The molecule has 1 aromatic heterocycles. The van der Waals surface area contributed by atoms with E-state index in [9.17, 15) is 0 Å². The third-order valence-corrected chi connectivity index (χ3v) is 4.02. The monoisotopic (exact) mass is 283 g/mol. The third-order valence-electron chi connectivity index (χ3n) is 3.10. The molecule has 0 aromatic carbocycles. The molecule has 3 nitrogen and oxygen atoms in total. The van der Waals surface area contributed by atoms with E-state index in [1.165, 1.54) is 0 Å². The van der Waals surface area contributed by atoms with Crippen molar-refractivity contribution in [1.29, 1.82) is 0 Å². The maximum absolute atomic E-state index is 5.83. The standard InChI is InChI=1S/C13H21N3S2/c1-5-10(8-18-4)16(3)13-11(12(14)17)9(2)6-7-15-13/h6-7,10H,5,8H2,1-4H3,(H2,14,17). The fourth-order valence-electron chi connectivity index (χ4n) is 1.98. The van der Waals surface area contributed by atoms with E-state index in [1.807, 2.05) is 30.9 Å². The Bertz CT molecular complexity index is 421. The van der Waals surface area contributed by atoms with Crippen molar-refractivity contribution in [3.05, 3.63) is 23.4 Å². The topological polar surface area (TPSA) is 42.2 Å². The molecule has 0 aliphatic heterocycles. The number of aryl methyl sites for hydroxylation is 1. The predicted octanol–water partition coefficient (Wildman–Crippen LogP) is 2.60. The number of hydrogen-bond acceptors (Lipinski definition) is 4. The summed E-state index contributed by atoms with van der Waals surface area (Å²) in [6.45, 7) is 4.21. The van der Waals surface area contributed by atoms with Crippen LogP contribution < -0.4 is 10.6 Å². The summed E-state index contributed by atoms with van der Waals surface area (Å²) in [5.74, 6) is 1.96. The highest BCUT2D eigenvalue weighted by molar-refractivity contribution is 7.98. The summed E-state index contributed by atoms with van der Waals surface area (Å²) in [5, 5.41) is 0. The molecule has 0 radical (unpaired) electrons. The molecule has 1 atom stereocenters. The van der Waals surface area contributed by atoms with Crippen LogP contribution in [-0.4, -0.2) is 35.1 Å². The Morgan fingerprint density at radius 3 is 2.78 bits per heavy atom. The van der Waals surface area contributed by atoms with E-state index in [4.69, 9.17) is 18.0 Å². The van der Waals surface area contributed by atoms with Crippen molar-refractivity contribution in [2.24, 2.45) is 5.73 Å². The van der Waals surface area contributed by atoms with Gasteiger partial charge in [-0.25, -0.2) is 4.98 Å². The van der Waals surface area contributed by atoms with Gasteiger partial charge in [0.2, 0.25) is 0 Å². The Morgan fingerprint density at radius 2 is 2.28 bits per heavy atom. The Morgan fingerprint density at radius 1 is 1.61 bits per heavy atom. The number of aromatic nitrogens is 1. The van der Waals surface area contributed by atoms with Gasteiger partial charge in [0.25, 0.3) is 0 Å². The summed E-state index contributed by atoms with van der Waals surface area (Å²) in [5.41, 5.74) is 7.81. The Kier molecular flexibility index (Phi) is 5.88. The van der Waals surface area contributed by atoms with Crippen LogP contribution in [0.2, 0.25) is 0 Å². The minimum atomic E-state index is 0.418. The molecule has 5 heteroatoms. The zero-order valence-corrected chi connectivity index (χ0v) is 13.1. The molecule has 2 N–H and O–H groups in total. The van der Waals surface area contributed by atoms with Crippen LogP contribution in [0.4, 0.5) is 5.82 Å². The minimum Gasteiger partial charge on any atom is -0.389 e. The van der Waals surface area contributed by atoms with Gasteiger partial charge in [0.05, 0.1) is 5.56 Å². The molecule has 0 fully saturated rings. The van der Waals surface area contributed by atoms with Crippen LogP contribution in [-0.2, 0) is 0 Å². The van der Waals surface area contributed by atoms with Crippen LogP contribution in [0, 0.1) is 6.92 Å². The summed E-state index contributed by atoms with van der Waals surface area (Å²) in [7, 11) is 2.06. The lowest BCUT2D eigenvalue weighted by Crippen LogP contribution is -2.35. The van der Waals surface area contributed by atoms with Crippen LogP contribution in [0.15, 0.2) is 12.3 Å². The van der Waals surface area contributed by atoms with Gasteiger partial charge in [-0.3, -0.25) is 0 Å². The van der Waals surface area contributed by atoms with E-state index < -0.39 is 0 Å². The fraction of sp³-hybridized carbons (Fsp3) is 0.538. The van der Waals surface area contributed by atoms with Crippen molar-refractivity contribution in [3.8, 4) is 0 Å². The van der Waals surface area contributed by atoms with Crippen LogP contribution >= 0.6 is 24.0 Å². The molecule has 100 valence electrons. The van der Waals surface area contributed by atoms with Crippen molar-refractivity contribution in [2.45, 2.75) is 26.3 Å². The molecule has 1 heterocycles. The first-order chi connectivity index (χ1) is 8.52. The lowest BCUT2D eigenvalue weighted by molar-refractivity contribution is 0.665. The molecular weight excluding hydrogens is 262 g/mol. The second-order valence-electron chi connectivity index (χ2n) is 4.32. The quantitative estimate of drug-likeness (QED) is 0.813. The number of thioether (sulfide) groups is 1. The Balaban J connectivity index is 3.15. The predicted molar refractivity (Wildman–Crippen MR) is 85.7 cm³/mol. The van der Waals surface area contributed by atoms with Crippen molar-refractivity contribution in [1.82, 2.24) is 4.98 Å². The zero-order chi connectivity index (χ0) is 13.7.